The van der Waals surface area contributed by atoms with E-state index in [2.05, 4.69) is 78.7 Å². The summed E-state index contributed by atoms with van der Waals surface area (Å²) in [6, 6.07) is 15.1. The predicted molar refractivity (Wildman–Crippen MR) is 119 cm³/mol. The van der Waals surface area contributed by atoms with E-state index in [9.17, 15) is 0 Å². The molecule has 1 aliphatic carbocycles. The lowest BCUT2D eigenvalue weighted by molar-refractivity contribution is -0.401. The van der Waals surface area contributed by atoms with Crippen molar-refractivity contribution in [3.63, 3.8) is 0 Å². The van der Waals surface area contributed by atoms with Crippen LogP contribution in [-0.2, 0) is 18.3 Å². The largest absolute Gasteiger partial charge is 0.320 e. The first kappa shape index (κ1) is 17.8. The smallest absolute Gasteiger partial charge is 0.209 e. The minimum absolute atomic E-state index is 0.0749. The van der Waals surface area contributed by atoms with Crippen LogP contribution in [0.5, 0.6) is 0 Å². The van der Waals surface area contributed by atoms with Crippen LogP contribution in [0.25, 0.3) is 17.1 Å². The molecule has 0 atom stereocenters. The maximum atomic E-state index is 6.30. The Morgan fingerprint density at radius 3 is 2.71 bits per heavy atom. The Morgan fingerprint density at radius 1 is 1.07 bits per heavy atom. The van der Waals surface area contributed by atoms with Crippen LogP contribution in [0.1, 0.15) is 43.5 Å². The molecular weight excluding hydrogens is 364 g/mol. The third-order valence-corrected chi connectivity index (χ3v) is 6.83. The summed E-state index contributed by atoms with van der Waals surface area (Å²) >= 11 is 6.30. The molecule has 2 nitrogen and oxygen atoms in total. The van der Waals surface area contributed by atoms with Gasteiger partial charge in [-0.05, 0) is 63.3 Å². The quantitative estimate of drug-likeness (QED) is 0.451. The van der Waals surface area contributed by atoms with Crippen LogP contribution in [0, 0.1) is 0 Å². The summed E-state index contributed by atoms with van der Waals surface area (Å²) in [5.41, 5.74) is 8.12. The fourth-order valence-corrected chi connectivity index (χ4v) is 5.33. The van der Waals surface area contributed by atoms with Crippen LogP contribution in [0.2, 0.25) is 5.02 Å². The molecular formula is C25H26ClN2+. The molecule has 2 aliphatic rings. The van der Waals surface area contributed by atoms with Gasteiger partial charge in [-0.1, -0.05) is 29.8 Å². The number of aryl methyl sites for hydroxylation is 1. The van der Waals surface area contributed by atoms with E-state index >= 15 is 0 Å². The highest BCUT2D eigenvalue weighted by Crippen LogP contribution is 2.41. The number of allylic oxidation sites excluding steroid dienone is 1. The first-order chi connectivity index (χ1) is 13.5. The zero-order valence-corrected chi connectivity index (χ0v) is 17.6. The van der Waals surface area contributed by atoms with Crippen molar-refractivity contribution in [1.29, 1.82) is 0 Å². The van der Waals surface area contributed by atoms with Gasteiger partial charge < -0.3 is 4.57 Å². The molecule has 0 saturated heterocycles. The number of hydrogen-bond acceptors (Lipinski definition) is 0. The van der Waals surface area contributed by atoms with Crippen molar-refractivity contribution in [2.75, 3.05) is 7.05 Å². The fraction of sp³-hybridized carbons (Fsp3) is 0.320. The number of rotatable bonds is 2. The zero-order valence-electron chi connectivity index (χ0n) is 16.8. The topological polar surface area (TPSA) is 7.94 Å². The van der Waals surface area contributed by atoms with E-state index in [1.807, 2.05) is 6.07 Å². The Kier molecular flexibility index (Phi) is 4.03. The van der Waals surface area contributed by atoms with E-state index in [1.54, 1.807) is 5.56 Å². The van der Waals surface area contributed by atoms with Crippen molar-refractivity contribution in [1.82, 2.24) is 4.57 Å². The third-order valence-electron chi connectivity index (χ3n) is 6.59. The normalized spacial score (nSPS) is 18.1. The van der Waals surface area contributed by atoms with Crippen molar-refractivity contribution in [2.24, 2.45) is 0 Å². The van der Waals surface area contributed by atoms with E-state index in [4.69, 9.17) is 11.6 Å². The second-order valence-corrected chi connectivity index (χ2v) is 9.00. The van der Waals surface area contributed by atoms with Crippen molar-refractivity contribution in [3.05, 3.63) is 70.4 Å². The van der Waals surface area contributed by atoms with Gasteiger partial charge in [0, 0.05) is 40.0 Å². The third kappa shape index (κ3) is 2.51. The van der Waals surface area contributed by atoms with Crippen LogP contribution in [0.3, 0.4) is 0 Å². The highest BCUT2D eigenvalue weighted by molar-refractivity contribution is 6.30. The van der Waals surface area contributed by atoms with E-state index in [-0.39, 0.29) is 5.41 Å². The van der Waals surface area contributed by atoms with Crippen LogP contribution in [0.15, 0.2) is 48.5 Å². The van der Waals surface area contributed by atoms with Crippen LogP contribution in [-0.4, -0.2) is 21.9 Å². The maximum absolute atomic E-state index is 6.30. The van der Waals surface area contributed by atoms with E-state index < -0.39 is 0 Å². The molecule has 142 valence electrons. The molecule has 0 saturated carbocycles. The van der Waals surface area contributed by atoms with Crippen molar-refractivity contribution in [3.8, 4) is 0 Å². The molecule has 1 aromatic heterocycles. The van der Waals surface area contributed by atoms with Crippen molar-refractivity contribution < 1.29 is 4.58 Å². The molecule has 0 fully saturated rings. The molecule has 3 heteroatoms. The summed E-state index contributed by atoms with van der Waals surface area (Å²) in [7, 11) is 2.16. The summed E-state index contributed by atoms with van der Waals surface area (Å²) in [5, 5.41) is 2.22. The Labute approximate surface area is 171 Å². The molecule has 0 bridgehead atoms. The number of fused-ring (bicyclic) bond motifs is 4. The fourth-order valence-electron chi connectivity index (χ4n) is 5.15. The second kappa shape index (κ2) is 6.35. The van der Waals surface area contributed by atoms with E-state index in [0.717, 1.165) is 5.02 Å². The SMILES string of the molecule is C[N+]1=C(/C=C/n2c3c(c4ccccc42)CCCC3)C(C)(C)c2cc(Cl)ccc21. The lowest BCUT2D eigenvalue weighted by atomic mass is 9.81. The average molecular weight is 390 g/mol. The van der Waals surface area contributed by atoms with Gasteiger partial charge in [0.2, 0.25) is 5.69 Å². The van der Waals surface area contributed by atoms with Gasteiger partial charge in [0.1, 0.15) is 7.05 Å². The van der Waals surface area contributed by atoms with Crippen LogP contribution < -0.4 is 0 Å². The van der Waals surface area contributed by atoms with Gasteiger partial charge in [-0.2, -0.15) is 4.58 Å². The molecule has 0 spiro atoms. The number of aromatic nitrogens is 1. The maximum Gasteiger partial charge on any atom is 0.209 e. The lowest BCUT2D eigenvalue weighted by Crippen LogP contribution is -2.26. The minimum atomic E-state index is -0.0749. The summed E-state index contributed by atoms with van der Waals surface area (Å²) in [5.74, 6) is 0. The first-order valence-corrected chi connectivity index (χ1v) is 10.6. The van der Waals surface area contributed by atoms with Crippen LogP contribution >= 0.6 is 11.6 Å². The molecule has 2 heterocycles. The summed E-state index contributed by atoms with van der Waals surface area (Å²) in [4.78, 5) is 0. The molecule has 2 aromatic carbocycles. The number of para-hydroxylation sites is 1. The number of hydrogen-bond donors (Lipinski definition) is 0. The summed E-state index contributed by atoms with van der Waals surface area (Å²) < 4.78 is 4.73. The van der Waals surface area contributed by atoms with Gasteiger partial charge in [-0.15, -0.1) is 0 Å². The van der Waals surface area contributed by atoms with Crippen molar-refractivity contribution >= 4 is 40.1 Å². The monoisotopic (exact) mass is 389 g/mol. The molecule has 3 aromatic rings. The molecule has 0 N–H and O–H groups in total. The zero-order chi connectivity index (χ0) is 19.5. The van der Waals surface area contributed by atoms with Gasteiger partial charge in [-0.25, -0.2) is 0 Å². The van der Waals surface area contributed by atoms with Gasteiger partial charge in [0.15, 0.2) is 5.71 Å². The number of halogens is 1. The Morgan fingerprint density at radius 2 is 1.86 bits per heavy atom. The predicted octanol–water partition coefficient (Wildman–Crippen LogP) is 6.35. The van der Waals surface area contributed by atoms with E-state index in [0.29, 0.717) is 0 Å². The minimum Gasteiger partial charge on any atom is -0.320 e. The highest BCUT2D eigenvalue weighted by Gasteiger charge is 2.43. The highest BCUT2D eigenvalue weighted by atomic mass is 35.5. The molecule has 0 radical (unpaired) electrons. The Bertz CT molecular complexity index is 1160. The standard InChI is InChI=1S/C25H26ClN2/c1-25(2)20-16-17(26)12-13-23(20)27(3)24(25)14-15-28-21-10-6-4-8-18(21)19-9-5-7-11-22(19)28/h4,6,8,10,12-16H,5,7,9,11H2,1-3H3/q+1. The summed E-state index contributed by atoms with van der Waals surface area (Å²) in [6.07, 6.45) is 9.53. The van der Waals surface area contributed by atoms with Gasteiger partial charge in [0.05, 0.1) is 10.9 Å². The Hall–Kier alpha value is -2.32. The Balaban J connectivity index is 1.64. The molecule has 5 rings (SSSR count). The van der Waals surface area contributed by atoms with Gasteiger partial charge in [-0.3, -0.25) is 0 Å². The second-order valence-electron chi connectivity index (χ2n) is 8.57. The summed E-state index contributed by atoms with van der Waals surface area (Å²) in [6.45, 7) is 4.57. The molecule has 0 amide bonds. The van der Waals surface area contributed by atoms with Gasteiger partial charge in [0.25, 0.3) is 0 Å². The first-order valence-electron chi connectivity index (χ1n) is 10.2. The average Bonchev–Trinajstić information content (AvgIpc) is 3.10. The van der Waals surface area contributed by atoms with Crippen molar-refractivity contribution in [2.45, 2.75) is 44.9 Å². The lowest BCUT2D eigenvalue weighted by Gasteiger charge is -2.16. The molecule has 1 aliphatic heterocycles. The van der Waals surface area contributed by atoms with Gasteiger partial charge >= 0.3 is 0 Å². The molecule has 0 unspecified atom stereocenters. The number of benzene rings is 2. The van der Waals surface area contributed by atoms with E-state index in [1.165, 1.54) is 59.2 Å². The molecule has 28 heavy (non-hydrogen) atoms. The number of nitrogens with zero attached hydrogens (tertiary/aromatic N) is 2. The van der Waals surface area contributed by atoms with Crippen LogP contribution in [0.4, 0.5) is 5.69 Å².